The van der Waals surface area contributed by atoms with Crippen LogP contribution in [-0.2, 0) is 4.79 Å². The Morgan fingerprint density at radius 3 is 2.50 bits per heavy atom. The summed E-state index contributed by atoms with van der Waals surface area (Å²) in [4.78, 5) is 11.6. The largest absolute Gasteiger partial charge is 0.353 e. The molecule has 18 heavy (non-hydrogen) atoms. The van der Waals surface area contributed by atoms with Crippen molar-refractivity contribution in [1.82, 2.24) is 10.6 Å². The second-order valence-electron chi connectivity index (χ2n) is 6.51. The van der Waals surface area contributed by atoms with Crippen molar-refractivity contribution in [2.45, 2.75) is 69.9 Å². The average Bonchev–Trinajstić information content (AvgIpc) is 3.24. The number of nitrogens with one attached hydrogen (secondary N) is 2. The molecule has 3 rings (SSSR count). The normalized spacial score (nSPS) is 32.2. The number of carbonyl (C=O) groups is 1. The molecule has 3 nitrogen and oxygen atoms in total. The maximum atomic E-state index is 11.6. The van der Waals surface area contributed by atoms with Gasteiger partial charge in [-0.05, 0) is 50.4 Å². The molecule has 3 fully saturated rings. The molecular formula is C15H26N2O. The van der Waals surface area contributed by atoms with Crippen molar-refractivity contribution in [1.29, 1.82) is 0 Å². The molecule has 0 heterocycles. The Labute approximate surface area is 110 Å². The van der Waals surface area contributed by atoms with E-state index >= 15 is 0 Å². The minimum Gasteiger partial charge on any atom is -0.353 e. The third kappa shape index (κ3) is 3.71. The van der Waals surface area contributed by atoms with Crippen LogP contribution in [0.1, 0.15) is 57.8 Å². The molecule has 0 bridgehead atoms. The molecule has 3 saturated carbocycles. The van der Waals surface area contributed by atoms with E-state index in [2.05, 4.69) is 10.6 Å². The highest BCUT2D eigenvalue weighted by atomic mass is 16.1. The van der Waals surface area contributed by atoms with Gasteiger partial charge in [-0.1, -0.05) is 12.8 Å². The summed E-state index contributed by atoms with van der Waals surface area (Å²) in [6.07, 6.45) is 11.5. The van der Waals surface area contributed by atoms with Crippen LogP contribution < -0.4 is 10.6 Å². The van der Waals surface area contributed by atoms with Crippen LogP contribution in [0.25, 0.3) is 0 Å². The number of amides is 1. The van der Waals surface area contributed by atoms with Gasteiger partial charge < -0.3 is 10.6 Å². The summed E-state index contributed by atoms with van der Waals surface area (Å²) in [6.45, 7) is 0.862. The van der Waals surface area contributed by atoms with E-state index in [4.69, 9.17) is 0 Å². The lowest BCUT2D eigenvalue weighted by Gasteiger charge is -2.30. The number of rotatable bonds is 6. The maximum Gasteiger partial charge on any atom is 0.221 e. The van der Waals surface area contributed by atoms with Crippen molar-refractivity contribution >= 4 is 5.91 Å². The highest BCUT2D eigenvalue weighted by molar-refractivity contribution is 5.76. The summed E-state index contributed by atoms with van der Waals surface area (Å²) in [5, 5.41) is 6.65. The van der Waals surface area contributed by atoms with Gasteiger partial charge in [0.2, 0.25) is 5.91 Å². The molecule has 0 aromatic rings. The number of hydrogen-bond donors (Lipinski definition) is 2. The third-order valence-electron chi connectivity index (χ3n) is 4.73. The predicted molar refractivity (Wildman–Crippen MR) is 72.3 cm³/mol. The van der Waals surface area contributed by atoms with E-state index in [9.17, 15) is 4.79 Å². The van der Waals surface area contributed by atoms with Gasteiger partial charge in [0.05, 0.1) is 0 Å². The van der Waals surface area contributed by atoms with Gasteiger partial charge in [-0.3, -0.25) is 4.79 Å². The Hall–Kier alpha value is -0.570. The van der Waals surface area contributed by atoms with Crippen molar-refractivity contribution in [3.05, 3.63) is 0 Å². The first kappa shape index (κ1) is 12.5. The molecule has 0 radical (unpaired) electrons. The zero-order valence-electron chi connectivity index (χ0n) is 11.3. The first-order valence-electron chi connectivity index (χ1n) is 7.84. The van der Waals surface area contributed by atoms with Gasteiger partial charge >= 0.3 is 0 Å². The lowest BCUT2D eigenvalue weighted by Crippen LogP contribution is -2.37. The average molecular weight is 250 g/mol. The second kappa shape index (κ2) is 5.60. The fraction of sp³-hybridized carbons (Fsp3) is 0.933. The molecule has 102 valence electrons. The fourth-order valence-electron chi connectivity index (χ4n) is 3.33. The molecule has 1 amide bonds. The topological polar surface area (TPSA) is 41.1 Å². The molecule has 3 aliphatic rings. The van der Waals surface area contributed by atoms with Gasteiger partial charge in [-0.2, -0.15) is 0 Å². The van der Waals surface area contributed by atoms with E-state index in [0.29, 0.717) is 18.5 Å². The molecule has 0 aromatic heterocycles. The zero-order chi connectivity index (χ0) is 12.4. The van der Waals surface area contributed by atoms with Gasteiger partial charge in [-0.25, -0.2) is 0 Å². The molecule has 2 unspecified atom stereocenters. The second-order valence-corrected chi connectivity index (χ2v) is 6.51. The van der Waals surface area contributed by atoms with Gasteiger partial charge in [0, 0.05) is 25.0 Å². The summed E-state index contributed by atoms with van der Waals surface area (Å²) in [5.74, 6) is 2.27. The summed E-state index contributed by atoms with van der Waals surface area (Å²) in [7, 11) is 0. The summed E-state index contributed by atoms with van der Waals surface area (Å²) >= 11 is 0. The molecule has 2 N–H and O–H groups in total. The van der Waals surface area contributed by atoms with Crippen molar-refractivity contribution in [2.75, 3.05) is 6.54 Å². The Balaban J connectivity index is 1.30. The first-order chi connectivity index (χ1) is 8.81. The van der Waals surface area contributed by atoms with Gasteiger partial charge in [-0.15, -0.1) is 0 Å². The van der Waals surface area contributed by atoms with E-state index in [0.717, 1.165) is 18.4 Å². The van der Waals surface area contributed by atoms with Crippen LogP contribution in [-0.4, -0.2) is 24.5 Å². The van der Waals surface area contributed by atoms with Gasteiger partial charge in [0.25, 0.3) is 0 Å². The van der Waals surface area contributed by atoms with Crippen molar-refractivity contribution in [2.24, 2.45) is 11.8 Å². The number of carbonyl (C=O) groups excluding carboxylic acids is 1. The van der Waals surface area contributed by atoms with E-state index in [1.807, 2.05) is 0 Å². The van der Waals surface area contributed by atoms with E-state index in [1.54, 1.807) is 0 Å². The molecule has 0 spiro atoms. The Morgan fingerprint density at radius 1 is 0.944 bits per heavy atom. The maximum absolute atomic E-state index is 11.6. The smallest absolute Gasteiger partial charge is 0.221 e. The van der Waals surface area contributed by atoms with Crippen molar-refractivity contribution in [3.63, 3.8) is 0 Å². The molecular weight excluding hydrogens is 224 g/mol. The molecule has 3 aliphatic carbocycles. The van der Waals surface area contributed by atoms with Crippen molar-refractivity contribution < 1.29 is 4.79 Å². The Kier molecular flexibility index (Phi) is 3.88. The van der Waals surface area contributed by atoms with Crippen LogP contribution in [0.5, 0.6) is 0 Å². The van der Waals surface area contributed by atoms with Gasteiger partial charge in [0.1, 0.15) is 0 Å². The van der Waals surface area contributed by atoms with Crippen LogP contribution in [0, 0.1) is 11.8 Å². The zero-order valence-corrected chi connectivity index (χ0v) is 11.3. The van der Waals surface area contributed by atoms with E-state index < -0.39 is 0 Å². The lowest BCUT2D eigenvalue weighted by atomic mass is 9.83. The van der Waals surface area contributed by atoms with Crippen LogP contribution in [0.4, 0.5) is 0 Å². The summed E-state index contributed by atoms with van der Waals surface area (Å²) < 4.78 is 0. The lowest BCUT2D eigenvalue weighted by molar-refractivity contribution is -0.121. The highest BCUT2D eigenvalue weighted by Gasteiger charge is 2.34. The summed E-state index contributed by atoms with van der Waals surface area (Å²) in [6, 6.07) is 1.18. The Bertz CT molecular complexity index is 297. The standard InChI is InChI=1S/C15H26N2O/c18-15(17-13-6-7-13)8-9-16-14-3-1-2-12(10-14)11-4-5-11/h11-14,16H,1-10H2,(H,17,18). The van der Waals surface area contributed by atoms with Gasteiger partial charge in [0.15, 0.2) is 0 Å². The molecule has 3 heteroatoms. The monoisotopic (exact) mass is 250 g/mol. The first-order valence-corrected chi connectivity index (χ1v) is 7.84. The minimum absolute atomic E-state index is 0.236. The van der Waals surface area contributed by atoms with Crippen LogP contribution in [0.3, 0.4) is 0 Å². The fourth-order valence-corrected chi connectivity index (χ4v) is 3.33. The molecule has 0 aromatic carbocycles. The predicted octanol–water partition coefficient (Wildman–Crippen LogP) is 2.21. The van der Waals surface area contributed by atoms with Crippen molar-refractivity contribution in [3.8, 4) is 0 Å². The van der Waals surface area contributed by atoms with E-state index in [1.165, 1.54) is 51.4 Å². The molecule has 0 saturated heterocycles. The molecule has 2 atom stereocenters. The van der Waals surface area contributed by atoms with Crippen LogP contribution >= 0.6 is 0 Å². The van der Waals surface area contributed by atoms with Crippen LogP contribution in [0.15, 0.2) is 0 Å². The quantitative estimate of drug-likeness (QED) is 0.759. The number of hydrogen-bond acceptors (Lipinski definition) is 2. The third-order valence-corrected chi connectivity index (χ3v) is 4.73. The van der Waals surface area contributed by atoms with Crippen LogP contribution in [0.2, 0.25) is 0 Å². The van der Waals surface area contributed by atoms with E-state index in [-0.39, 0.29) is 5.91 Å². The summed E-state index contributed by atoms with van der Waals surface area (Å²) in [5.41, 5.74) is 0. The Morgan fingerprint density at radius 2 is 1.78 bits per heavy atom. The SMILES string of the molecule is O=C(CCNC1CCCC(C2CC2)C1)NC1CC1. The minimum atomic E-state index is 0.236. The highest BCUT2D eigenvalue weighted by Crippen LogP contribution is 2.43. The molecule has 0 aliphatic heterocycles.